The average molecular weight is 449 g/mol. The molecule has 0 spiro atoms. The summed E-state index contributed by atoms with van der Waals surface area (Å²) in [7, 11) is -3.51. The van der Waals surface area contributed by atoms with E-state index in [1.165, 1.54) is 42.7 Å². The van der Waals surface area contributed by atoms with E-state index < -0.39 is 10.0 Å². The fourth-order valence-electron chi connectivity index (χ4n) is 3.89. The molecule has 2 aromatic carbocycles. The van der Waals surface area contributed by atoms with Crippen LogP contribution < -0.4 is 9.62 Å². The third-order valence-corrected chi connectivity index (χ3v) is 7.02. The number of nitrogens with one attached hydrogen (secondary N) is 1. The smallest absolute Gasteiger partial charge is 0.251 e. The molecule has 0 unspecified atom stereocenters. The van der Waals surface area contributed by atoms with E-state index in [0.717, 1.165) is 17.7 Å². The van der Waals surface area contributed by atoms with Crippen molar-refractivity contribution in [3.05, 3.63) is 64.2 Å². The molecular weight excluding hydrogens is 420 g/mol. The normalized spacial score (nSPS) is 15.0. The highest BCUT2D eigenvalue weighted by Crippen LogP contribution is 2.28. The number of rotatable bonds is 7. The predicted octanol–water partition coefficient (Wildman–Crippen LogP) is 4.92. The van der Waals surface area contributed by atoms with Gasteiger partial charge in [0.25, 0.3) is 5.91 Å². The Balaban J connectivity index is 1.69. The first-order chi connectivity index (χ1) is 14.2. The molecule has 0 bridgehead atoms. The van der Waals surface area contributed by atoms with E-state index in [1.807, 2.05) is 6.92 Å². The maximum absolute atomic E-state index is 12.5. The Hall–Kier alpha value is -2.05. The molecule has 1 aliphatic carbocycles. The topological polar surface area (TPSA) is 66.5 Å². The van der Waals surface area contributed by atoms with Crippen LogP contribution in [0.2, 0.25) is 5.02 Å². The molecule has 1 saturated carbocycles. The van der Waals surface area contributed by atoms with E-state index in [2.05, 4.69) is 5.32 Å². The fourth-order valence-corrected chi connectivity index (χ4v) is 4.99. The second-order valence-electron chi connectivity index (χ2n) is 8.11. The van der Waals surface area contributed by atoms with Gasteiger partial charge in [0, 0.05) is 17.1 Å². The second kappa shape index (κ2) is 9.84. The number of aryl methyl sites for hydroxylation is 1. The molecule has 1 N–H and O–H groups in total. The van der Waals surface area contributed by atoms with Gasteiger partial charge >= 0.3 is 0 Å². The number of halogens is 1. The van der Waals surface area contributed by atoms with Crippen molar-refractivity contribution < 1.29 is 13.2 Å². The van der Waals surface area contributed by atoms with Crippen molar-refractivity contribution in [3.8, 4) is 0 Å². The zero-order valence-corrected chi connectivity index (χ0v) is 19.1. The molecule has 0 heterocycles. The van der Waals surface area contributed by atoms with Crippen molar-refractivity contribution in [3.63, 3.8) is 0 Å². The van der Waals surface area contributed by atoms with Crippen LogP contribution in [0.1, 0.15) is 53.6 Å². The largest absolute Gasteiger partial charge is 0.352 e. The number of benzene rings is 2. The molecular formula is C23H29ClN2O3S. The summed E-state index contributed by atoms with van der Waals surface area (Å²) in [5, 5.41) is 3.51. The number of carbonyl (C=O) groups is 1. The lowest BCUT2D eigenvalue weighted by Gasteiger charge is -2.24. The monoisotopic (exact) mass is 448 g/mol. The molecule has 2 aromatic rings. The standard InChI is InChI=1S/C23H29ClN2O3S/c1-17-8-13-21(24)14-22(17)26(30(2,28)29)16-19-9-11-20(12-10-19)23(27)25-15-18-6-4-3-5-7-18/h8-14,18H,3-7,15-16H2,1-2H3,(H,25,27). The Morgan fingerprint density at radius 2 is 1.77 bits per heavy atom. The maximum atomic E-state index is 12.5. The third-order valence-electron chi connectivity index (χ3n) is 5.66. The first-order valence-electron chi connectivity index (χ1n) is 10.3. The first kappa shape index (κ1) is 22.6. The Morgan fingerprint density at radius 1 is 1.10 bits per heavy atom. The second-order valence-corrected chi connectivity index (χ2v) is 10.5. The number of nitrogens with zero attached hydrogens (tertiary/aromatic N) is 1. The Bertz CT molecular complexity index is 984. The molecule has 1 fully saturated rings. The molecule has 30 heavy (non-hydrogen) atoms. The van der Waals surface area contributed by atoms with Crippen LogP contribution in [-0.2, 0) is 16.6 Å². The summed E-state index contributed by atoms with van der Waals surface area (Å²) >= 11 is 6.09. The predicted molar refractivity (Wildman–Crippen MR) is 123 cm³/mol. The van der Waals surface area contributed by atoms with Crippen molar-refractivity contribution in [1.82, 2.24) is 5.32 Å². The lowest BCUT2D eigenvalue weighted by atomic mass is 9.89. The van der Waals surface area contributed by atoms with Crippen LogP contribution >= 0.6 is 11.6 Å². The average Bonchev–Trinajstić information content (AvgIpc) is 2.72. The molecule has 0 aliphatic heterocycles. The Morgan fingerprint density at radius 3 is 2.40 bits per heavy atom. The highest BCUT2D eigenvalue weighted by Gasteiger charge is 2.20. The number of hydrogen-bond acceptors (Lipinski definition) is 3. The van der Waals surface area contributed by atoms with Crippen molar-refractivity contribution in [2.24, 2.45) is 5.92 Å². The van der Waals surface area contributed by atoms with Gasteiger partial charge in [-0.05, 0) is 61.1 Å². The van der Waals surface area contributed by atoms with Crippen LogP contribution in [0.4, 0.5) is 5.69 Å². The van der Waals surface area contributed by atoms with Gasteiger partial charge in [0.2, 0.25) is 10.0 Å². The van der Waals surface area contributed by atoms with Crippen molar-refractivity contribution in [2.75, 3.05) is 17.1 Å². The van der Waals surface area contributed by atoms with Gasteiger partial charge in [-0.3, -0.25) is 9.10 Å². The van der Waals surface area contributed by atoms with Gasteiger partial charge in [0.05, 0.1) is 18.5 Å². The van der Waals surface area contributed by atoms with E-state index in [4.69, 9.17) is 11.6 Å². The zero-order valence-electron chi connectivity index (χ0n) is 17.5. The number of carbonyl (C=O) groups excluding carboxylic acids is 1. The third kappa shape index (κ3) is 5.99. The number of sulfonamides is 1. The molecule has 0 aromatic heterocycles. The molecule has 5 nitrogen and oxygen atoms in total. The maximum Gasteiger partial charge on any atom is 0.251 e. The molecule has 0 saturated heterocycles. The van der Waals surface area contributed by atoms with Crippen LogP contribution in [0, 0.1) is 12.8 Å². The molecule has 1 amide bonds. The highest BCUT2D eigenvalue weighted by molar-refractivity contribution is 7.92. The molecule has 162 valence electrons. The van der Waals surface area contributed by atoms with E-state index in [9.17, 15) is 13.2 Å². The van der Waals surface area contributed by atoms with Gasteiger partial charge < -0.3 is 5.32 Å². The fraction of sp³-hybridized carbons (Fsp3) is 0.435. The number of hydrogen-bond donors (Lipinski definition) is 1. The van der Waals surface area contributed by atoms with Crippen LogP contribution in [0.25, 0.3) is 0 Å². The Kier molecular flexibility index (Phi) is 7.42. The van der Waals surface area contributed by atoms with E-state index in [1.54, 1.807) is 42.5 Å². The molecule has 3 rings (SSSR count). The van der Waals surface area contributed by atoms with E-state index in [-0.39, 0.29) is 12.5 Å². The highest BCUT2D eigenvalue weighted by atomic mass is 35.5. The van der Waals surface area contributed by atoms with Gasteiger partial charge in [0.1, 0.15) is 0 Å². The first-order valence-corrected chi connectivity index (χ1v) is 12.6. The lowest BCUT2D eigenvalue weighted by molar-refractivity contribution is 0.0943. The number of amides is 1. The lowest BCUT2D eigenvalue weighted by Crippen LogP contribution is -2.31. The van der Waals surface area contributed by atoms with Gasteiger partial charge in [0.15, 0.2) is 0 Å². The van der Waals surface area contributed by atoms with Crippen molar-refractivity contribution in [1.29, 1.82) is 0 Å². The summed E-state index contributed by atoms with van der Waals surface area (Å²) < 4.78 is 26.2. The van der Waals surface area contributed by atoms with Crippen LogP contribution in [0.15, 0.2) is 42.5 Å². The van der Waals surface area contributed by atoms with Crippen molar-refractivity contribution in [2.45, 2.75) is 45.6 Å². The summed E-state index contributed by atoms with van der Waals surface area (Å²) in [5.74, 6) is 0.490. The van der Waals surface area contributed by atoms with Gasteiger partial charge in [-0.2, -0.15) is 0 Å². The van der Waals surface area contributed by atoms with Gasteiger partial charge in [-0.1, -0.05) is 49.1 Å². The summed E-state index contributed by atoms with van der Waals surface area (Å²) in [6.45, 7) is 2.74. The SMILES string of the molecule is Cc1ccc(Cl)cc1N(Cc1ccc(C(=O)NCC2CCCCC2)cc1)S(C)(=O)=O. The summed E-state index contributed by atoms with van der Waals surface area (Å²) in [5.41, 5.74) is 2.76. The molecule has 7 heteroatoms. The summed E-state index contributed by atoms with van der Waals surface area (Å²) in [6, 6.07) is 12.3. The summed E-state index contributed by atoms with van der Waals surface area (Å²) in [4.78, 5) is 12.5. The van der Waals surface area contributed by atoms with Crippen LogP contribution in [0.5, 0.6) is 0 Å². The minimum atomic E-state index is -3.51. The van der Waals surface area contributed by atoms with Crippen LogP contribution in [-0.4, -0.2) is 27.1 Å². The Labute approximate surface area is 184 Å². The van der Waals surface area contributed by atoms with Gasteiger partial charge in [-0.15, -0.1) is 0 Å². The van der Waals surface area contributed by atoms with E-state index in [0.29, 0.717) is 22.2 Å². The summed E-state index contributed by atoms with van der Waals surface area (Å²) in [6.07, 6.45) is 7.34. The molecule has 1 aliphatic rings. The minimum Gasteiger partial charge on any atom is -0.352 e. The van der Waals surface area contributed by atoms with Crippen LogP contribution in [0.3, 0.4) is 0 Å². The number of anilines is 1. The molecule has 0 radical (unpaired) electrons. The molecule has 0 atom stereocenters. The van der Waals surface area contributed by atoms with Crippen molar-refractivity contribution >= 4 is 33.2 Å². The van der Waals surface area contributed by atoms with E-state index >= 15 is 0 Å². The minimum absolute atomic E-state index is 0.0854. The zero-order chi connectivity index (χ0) is 21.7. The van der Waals surface area contributed by atoms with Gasteiger partial charge in [-0.25, -0.2) is 8.42 Å². The quantitative estimate of drug-likeness (QED) is 0.653.